The van der Waals surface area contributed by atoms with E-state index < -0.39 is 0 Å². The van der Waals surface area contributed by atoms with E-state index in [9.17, 15) is 0 Å². The van der Waals surface area contributed by atoms with Crippen LogP contribution in [0, 0.1) is 3.95 Å². The van der Waals surface area contributed by atoms with E-state index in [0.717, 1.165) is 3.95 Å². The Labute approximate surface area is 143 Å². The van der Waals surface area contributed by atoms with Gasteiger partial charge in [0.2, 0.25) is 0 Å². The summed E-state index contributed by atoms with van der Waals surface area (Å²) in [6, 6.07) is 6.76. The number of benzene rings is 1. The number of aromatic nitrogens is 1. The average Bonchev–Trinajstić information content (AvgIpc) is 2.81. The number of hydrogen-bond donors (Lipinski definition) is 0. The van der Waals surface area contributed by atoms with Gasteiger partial charge in [0.25, 0.3) is 0 Å². The topological polar surface area (TPSA) is 4.93 Å². The Kier molecular flexibility index (Phi) is 4.56. The summed E-state index contributed by atoms with van der Waals surface area (Å²) in [7, 11) is 0. The summed E-state index contributed by atoms with van der Waals surface area (Å²) in [6.45, 7) is 9.13. The van der Waals surface area contributed by atoms with Gasteiger partial charge in [0, 0.05) is 10.6 Å². The molecule has 0 saturated heterocycles. The van der Waals surface area contributed by atoms with Crippen molar-refractivity contribution >= 4 is 23.6 Å². The van der Waals surface area contributed by atoms with Crippen LogP contribution < -0.4 is 0 Å². The van der Waals surface area contributed by atoms with Gasteiger partial charge in [-0.05, 0) is 60.9 Å². The van der Waals surface area contributed by atoms with Gasteiger partial charge in [-0.25, -0.2) is 0 Å². The first-order valence-corrected chi connectivity index (χ1v) is 9.60. The van der Waals surface area contributed by atoms with Gasteiger partial charge in [0.15, 0.2) is 3.95 Å². The fraction of sp³-hybridized carbons (Fsp3) is 0.526. The molecule has 1 aliphatic rings. The van der Waals surface area contributed by atoms with Crippen molar-refractivity contribution in [2.45, 2.75) is 65.2 Å². The number of hydrogen-bond acceptors (Lipinski definition) is 2. The monoisotopic (exact) mass is 331 g/mol. The number of thiazole rings is 1. The minimum Gasteiger partial charge on any atom is -0.295 e. The molecule has 0 fully saturated rings. The first kappa shape index (κ1) is 15.9. The summed E-state index contributed by atoms with van der Waals surface area (Å²) < 4.78 is 3.45. The van der Waals surface area contributed by atoms with Gasteiger partial charge < -0.3 is 0 Å². The summed E-state index contributed by atoms with van der Waals surface area (Å²) >= 11 is 7.61. The minimum atomic E-state index is 0.509. The largest absolute Gasteiger partial charge is 0.295 e. The lowest BCUT2D eigenvalue weighted by Crippen LogP contribution is -2.12. The molecule has 1 nitrogen and oxygen atoms in total. The SMILES string of the molecule is CC(C)c1cccc(C(C)C)c1-n1c2c(sc1=S)CCCC2. The number of aryl methyl sites for hydroxylation is 1. The average molecular weight is 332 g/mol. The minimum absolute atomic E-state index is 0.509. The molecule has 0 radical (unpaired) electrons. The lowest BCUT2D eigenvalue weighted by molar-refractivity contribution is 0.661. The zero-order valence-electron chi connectivity index (χ0n) is 14.0. The van der Waals surface area contributed by atoms with Gasteiger partial charge in [-0.2, -0.15) is 0 Å². The smallest absolute Gasteiger partial charge is 0.166 e. The molecular weight excluding hydrogens is 306 g/mol. The quantitative estimate of drug-likeness (QED) is 0.590. The third-order valence-electron chi connectivity index (χ3n) is 4.62. The van der Waals surface area contributed by atoms with E-state index in [0.29, 0.717) is 11.8 Å². The molecule has 0 saturated carbocycles. The second kappa shape index (κ2) is 6.29. The molecule has 0 spiro atoms. The molecule has 1 heterocycles. The van der Waals surface area contributed by atoms with Crippen molar-refractivity contribution in [1.29, 1.82) is 0 Å². The van der Waals surface area contributed by atoms with Crippen LogP contribution in [0.3, 0.4) is 0 Å². The van der Waals surface area contributed by atoms with Crippen LogP contribution in [0.25, 0.3) is 5.69 Å². The number of fused-ring (bicyclic) bond motifs is 1. The molecule has 1 aromatic heterocycles. The van der Waals surface area contributed by atoms with Crippen molar-refractivity contribution in [3.8, 4) is 5.69 Å². The summed E-state index contributed by atoms with van der Waals surface area (Å²) in [4.78, 5) is 1.52. The molecule has 0 atom stereocenters. The molecule has 1 aliphatic carbocycles. The van der Waals surface area contributed by atoms with Crippen LogP contribution in [0.5, 0.6) is 0 Å². The molecule has 118 valence electrons. The predicted octanol–water partition coefficient (Wildman–Crippen LogP) is 6.39. The van der Waals surface area contributed by atoms with Crippen molar-refractivity contribution in [2.75, 3.05) is 0 Å². The highest BCUT2D eigenvalue weighted by Crippen LogP contribution is 2.37. The summed E-state index contributed by atoms with van der Waals surface area (Å²) in [5, 5.41) is 0. The maximum Gasteiger partial charge on any atom is 0.166 e. The molecule has 0 unspecified atom stereocenters. The van der Waals surface area contributed by atoms with Crippen molar-refractivity contribution in [3.63, 3.8) is 0 Å². The van der Waals surface area contributed by atoms with Crippen molar-refractivity contribution in [1.82, 2.24) is 4.57 Å². The first-order chi connectivity index (χ1) is 10.5. The van der Waals surface area contributed by atoms with E-state index in [2.05, 4.69) is 50.5 Å². The van der Waals surface area contributed by atoms with Crippen molar-refractivity contribution < 1.29 is 0 Å². The van der Waals surface area contributed by atoms with E-state index in [4.69, 9.17) is 12.2 Å². The molecule has 22 heavy (non-hydrogen) atoms. The van der Waals surface area contributed by atoms with Gasteiger partial charge in [-0.15, -0.1) is 11.3 Å². The molecule has 1 aromatic carbocycles. The molecule has 0 aliphatic heterocycles. The van der Waals surface area contributed by atoms with Crippen LogP contribution in [0.4, 0.5) is 0 Å². The maximum atomic E-state index is 5.78. The number of para-hydroxylation sites is 1. The summed E-state index contributed by atoms with van der Waals surface area (Å²) in [5.41, 5.74) is 5.70. The second-order valence-corrected chi connectivity index (χ2v) is 8.60. The Bertz CT molecular complexity index is 708. The predicted molar refractivity (Wildman–Crippen MR) is 99.3 cm³/mol. The van der Waals surface area contributed by atoms with E-state index in [1.807, 2.05) is 11.3 Å². The number of nitrogens with zero attached hydrogens (tertiary/aromatic N) is 1. The third-order valence-corrected chi connectivity index (χ3v) is 6.09. The highest BCUT2D eigenvalue weighted by molar-refractivity contribution is 7.73. The van der Waals surface area contributed by atoms with Crippen LogP contribution in [-0.2, 0) is 12.8 Å². The molecule has 3 heteroatoms. The zero-order valence-corrected chi connectivity index (χ0v) is 15.6. The van der Waals surface area contributed by atoms with Gasteiger partial charge in [-0.3, -0.25) is 4.57 Å². The van der Waals surface area contributed by atoms with Crippen LogP contribution >= 0.6 is 23.6 Å². The van der Waals surface area contributed by atoms with Crippen LogP contribution in [0.1, 0.15) is 74.1 Å². The lowest BCUT2D eigenvalue weighted by atomic mass is 9.92. The Morgan fingerprint density at radius 1 is 1.00 bits per heavy atom. The van der Waals surface area contributed by atoms with Gasteiger partial charge in [-0.1, -0.05) is 45.9 Å². The fourth-order valence-electron chi connectivity index (χ4n) is 3.47. The standard InChI is InChI=1S/C19H25NS2/c1-12(2)14-8-7-9-15(13(3)4)18(14)20-16-10-5-6-11-17(16)22-19(20)21/h7-9,12-13H,5-6,10-11H2,1-4H3. The van der Waals surface area contributed by atoms with E-state index in [1.165, 1.54) is 53.1 Å². The van der Waals surface area contributed by atoms with Crippen LogP contribution in [0.2, 0.25) is 0 Å². The van der Waals surface area contributed by atoms with E-state index >= 15 is 0 Å². The Balaban J connectivity index is 2.32. The Morgan fingerprint density at radius 3 is 2.18 bits per heavy atom. The number of rotatable bonds is 3. The van der Waals surface area contributed by atoms with Gasteiger partial charge in [0.05, 0.1) is 5.69 Å². The van der Waals surface area contributed by atoms with E-state index in [-0.39, 0.29) is 0 Å². The normalized spacial score (nSPS) is 14.6. The molecule has 0 amide bonds. The van der Waals surface area contributed by atoms with Gasteiger partial charge in [0.1, 0.15) is 0 Å². The van der Waals surface area contributed by atoms with Crippen molar-refractivity contribution in [3.05, 3.63) is 43.9 Å². The second-order valence-electron chi connectivity index (χ2n) is 6.87. The maximum absolute atomic E-state index is 5.78. The lowest BCUT2D eigenvalue weighted by Gasteiger charge is -2.23. The summed E-state index contributed by atoms with van der Waals surface area (Å²) in [6.07, 6.45) is 4.98. The highest BCUT2D eigenvalue weighted by Gasteiger charge is 2.22. The van der Waals surface area contributed by atoms with Gasteiger partial charge >= 0.3 is 0 Å². The Hall–Kier alpha value is -0.930. The van der Waals surface area contributed by atoms with Crippen LogP contribution in [0.15, 0.2) is 18.2 Å². The summed E-state index contributed by atoms with van der Waals surface area (Å²) in [5.74, 6) is 1.02. The molecule has 3 rings (SSSR count). The van der Waals surface area contributed by atoms with E-state index in [1.54, 1.807) is 0 Å². The molecule has 2 aromatic rings. The Morgan fingerprint density at radius 2 is 1.59 bits per heavy atom. The van der Waals surface area contributed by atoms with Crippen LogP contribution in [-0.4, -0.2) is 4.57 Å². The highest BCUT2D eigenvalue weighted by atomic mass is 32.1. The fourth-order valence-corrected chi connectivity index (χ4v) is 5.03. The molecule has 0 bridgehead atoms. The zero-order chi connectivity index (χ0) is 15.9. The first-order valence-electron chi connectivity index (χ1n) is 8.37. The molecule has 0 N–H and O–H groups in total. The molecular formula is C19H25NS2. The third kappa shape index (κ3) is 2.69. The van der Waals surface area contributed by atoms with Crippen molar-refractivity contribution in [2.24, 2.45) is 0 Å².